The zero-order valence-electron chi connectivity index (χ0n) is 10.9. The largest absolute Gasteiger partial charge is 0.341 e. The van der Waals surface area contributed by atoms with Gasteiger partial charge < -0.3 is 5.32 Å². The van der Waals surface area contributed by atoms with Crippen molar-refractivity contribution in [2.45, 2.75) is 26.3 Å². The molecular weight excluding hydrogens is 282 g/mol. The summed E-state index contributed by atoms with van der Waals surface area (Å²) in [6, 6.07) is 3.26. The fraction of sp³-hybridized carbons (Fsp3) is 0.308. The van der Waals surface area contributed by atoms with Crippen LogP contribution in [0.3, 0.4) is 0 Å². The van der Waals surface area contributed by atoms with Crippen molar-refractivity contribution in [3.05, 3.63) is 45.1 Å². The lowest BCUT2D eigenvalue weighted by molar-refractivity contribution is 0.0911. The van der Waals surface area contributed by atoms with Crippen molar-refractivity contribution in [1.82, 2.24) is 15.3 Å². The number of amides is 1. The third-order valence-corrected chi connectivity index (χ3v) is 3.87. The Morgan fingerprint density at radius 1 is 1.42 bits per heavy atom. The van der Waals surface area contributed by atoms with Crippen LogP contribution in [-0.2, 0) is 5.54 Å². The summed E-state index contributed by atoms with van der Waals surface area (Å²) in [5.74, 6) is -0.187. The van der Waals surface area contributed by atoms with Gasteiger partial charge in [0, 0.05) is 22.8 Å². The molecule has 0 aromatic carbocycles. The number of aryl methyl sites for hydroxylation is 1. The summed E-state index contributed by atoms with van der Waals surface area (Å²) in [7, 11) is 0. The van der Waals surface area contributed by atoms with E-state index in [1.807, 2.05) is 19.2 Å². The van der Waals surface area contributed by atoms with E-state index in [0.29, 0.717) is 16.4 Å². The summed E-state index contributed by atoms with van der Waals surface area (Å²) in [4.78, 5) is 20.5. The number of nitrogens with zero attached hydrogens (tertiary/aromatic N) is 2. The van der Waals surface area contributed by atoms with Gasteiger partial charge in [0.25, 0.3) is 5.91 Å². The van der Waals surface area contributed by atoms with Gasteiger partial charge in [0.05, 0.1) is 5.54 Å². The van der Waals surface area contributed by atoms with E-state index in [1.165, 1.54) is 11.3 Å². The molecule has 2 aromatic heterocycles. The van der Waals surface area contributed by atoms with Gasteiger partial charge in [-0.1, -0.05) is 11.6 Å². The minimum Gasteiger partial charge on any atom is -0.341 e. The van der Waals surface area contributed by atoms with Crippen LogP contribution >= 0.6 is 22.9 Å². The van der Waals surface area contributed by atoms with Crippen molar-refractivity contribution >= 4 is 28.8 Å². The fourth-order valence-corrected chi connectivity index (χ4v) is 2.67. The highest BCUT2D eigenvalue weighted by Crippen LogP contribution is 2.22. The zero-order valence-corrected chi connectivity index (χ0v) is 12.5. The Kier molecular flexibility index (Phi) is 3.87. The van der Waals surface area contributed by atoms with Crippen LogP contribution in [0.25, 0.3) is 0 Å². The average molecular weight is 296 g/mol. The van der Waals surface area contributed by atoms with Crippen molar-refractivity contribution < 1.29 is 4.79 Å². The molecule has 0 atom stereocenters. The van der Waals surface area contributed by atoms with Crippen LogP contribution in [0.1, 0.15) is 34.9 Å². The first kappa shape index (κ1) is 14.0. The van der Waals surface area contributed by atoms with Gasteiger partial charge in [-0.15, -0.1) is 11.3 Å². The van der Waals surface area contributed by atoms with Crippen molar-refractivity contribution in [2.75, 3.05) is 0 Å². The molecule has 100 valence electrons. The van der Waals surface area contributed by atoms with Gasteiger partial charge in [-0.05, 0) is 32.9 Å². The minimum atomic E-state index is -0.519. The number of aromatic nitrogens is 2. The number of thiazole rings is 1. The summed E-state index contributed by atoms with van der Waals surface area (Å²) >= 11 is 7.37. The molecule has 0 aliphatic rings. The Morgan fingerprint density at radius 3 is 2.74 bits per heavy atom. The third kappa shape index (κ3) is 3.30. The molecule has 2 aromatic rings. The predicted molar refractivity (Wildman–Crippen MR) is 76.6 cm³/mol. The van der Waals surface area contributed by atoms with E-state index >= 15 is 0 Å². The van der Waals surface area contributed by atoms with Crippen LogP contribution < -0.4 is 5.32 Å². The van der Waals surface area contributed by atoms with Crippen LogP contribution in [0.2, 0.25) is 5.15 Å². The molecule has 0 bridgehead atoms. The summed E-state index contributed by atoms with van der Waals surface area (Å²) < 4.78 is 0. The topological polar surface area (TPSA) is 54.9 Å². The molecule has 0 radical (unpaired) electrons. The van der Waals surface area contributed by atoms with Gasteiger partial charge in [-0.2, -0.15) is 0 Å². The molecule has 0 aliphatic heterocycles. The summed E-state index contributed by atoms with van der Waals surface area (Å²) in [6.45, 7) is 5.63. The van der Waals surface area contributed by atoms with Crippen molar-refractivity contribution in [3.63, 3.8) is 0 Å². The number of pyridine rings is 1. The molecule has 19 heavy (non-hydrogen) atoms. The predicted octanol–water partition coefficient (Wildman–Crippen LogP) is 3.17. The van der Waals surface area contributed by atoms with Crippen molar-refractivity contribution in [1.29, 1.82) is 0 Å². The molecule has 2 rings (SSSR count). The monoisotopic (exact) mass is 295 g/mol. The maximum Gasteiger partial charge on any atom is 0.252 e. The SMILES string of the molecule is Cc1cc(C(=O)NC(C)(C)c2nccs2)cc(Cl)n1. The molecule has 2 heterocycles. The smallest absolute Gasteiger partial charge is 0.252 e. The molecule has 6 heteroatoms. The van der Waals surface area contributed by atoms with Gasteiger partial charge in [-0.25, -0.2) is 9.97 Å². The van der Waals surface area contributed by atoms with E-state index in [9.17, 15) is 4.79 Å². The van der Waals surface area contributed by atoms with E-state index in [-0.39, 0.29) is 5.91 Å². The lowest BCUT2D eigenvalue weighted by Gasteiger charge is -2.23. The average Bonchev–Trinajstić information content (AvgIpc) is 2.80. The Labute approximate surface area is 120 Å². The van der Waals surface area contributed by atoms with Crippen molar-refractivity contribution in [2.24, 2.45) is 0 Å². The summed E-state index contributed by atoms with van der Waals surface area (Å²) in [5.41, 5.74) is 0.696. The summed E-state index contributed by atoms with van der Waals surface area (Å²) in [5, 5.41) is 6.01. The van der Waals surface area contributed by atoms with Gasteiger partial charge in [-0.3, -0.25) is 4.79 Å². The highest BCUT2D eigenvalue weighted by molar-refractivity contribution is 7.09. The number of hydrogen-bond acceptors (Lipinski definition) is 4. The van der Waals surface area contributed by atoms with E-state index in [4.69, 9.17) is 11.6 Å². The van der Waals surface area contributed by atoms with E-state index in [1.54, 1.807) is 25.3 Å². The Hall–Kier alpha value is -1.46. The quantitative estimate of drug-likeness (QED) is 0.885. The Balaban J connectivity index is 2.21. The number of nitrogens with one attached hydrogen (secondary N) is 1. The maximum atomic E-state index is 12.2. The molecule has 4 nitrogen and oxygen atoms in total. The van der Waals surface area contributed by atoms with Crippen LogP contribution in [0.4, 0.5) is 0 Å². The van der Waals surface area contributed by atoms with Gasteiger partial charge in [0.15, 0.2) is 0 Å². The molecule has 1 N–H and O–H groups in total. The van der Waals surface area contributed by atoms with Gasteiger partial charge in [0.1, 0.15) is 10.2 Å². The summed E-state index contributed by atoms with van der Waals surface area (Å²) in [6.07, 6.45) is 1.72. The normalized spacial score (nSPS) is 11.4. The first-order chi connectivity index (χ1) is 8.88. The third-order valence-electron chi connectivity index (χ3n) is 2.58. The first-order valence-electron chi connectivity index (χ1n) is 5.75. The molecule has 0 fully saturated rings. The number of hydrogen-bond donors (Lipinski definition) is 1. The number of carbonyl (C=O) groups excluding carboxylic acids is 1. The second-order valence-corrected chi connectivity index (χ2v) is 6.02. The van der Waals surface area contributed by atoms with E-state index < -0.39 is 5.54 Å². The van der Waals surface area contributed by atoms with Crippen LogP contribution in [0.5, 0.6) is 0 Å². The Morgan fingerprint density at radius 2 is 2.16 bits per heavy atom. The standard InChI is InChI=1S/C13H14ClN3OS/c1-8-6-9(7-10(14)16-8)11(18)17-13(2,3)12-15-4-5-19-12/h4-7H,1-3H3,(H,17,18). The van der Waals surface area contributed by atoms with E-state index in [2.05, 4.69) is 15.3 Å². The lowest BCUT2D eigenvalue weighted by atomic mass is 10.1. The minimum absolute atomic E-state index is 0.187. The maximum absolute atomic E-state index is 12.2. The molecule has 0 saturated carbocycles. The van der Waals surface area contributed by atoms with Crippen LogP contribution in [0.15, 0.2) is 23.7 Å². The first-order valence-corrected chi connectivity index (χ1v) is 7.01. The molecule has 0 aliphatic carbocycles. The highest BCUT2D eigenvalue weighted by Gasteiger charge is 2.26. The molecule has 0 saturated heterocycles. The van der Waals surface area contributed by atoms with Crippen molar-refractivity contribution in [3.8, 4) is 0 Å². The number of carbonyl (C=O) groups is 1. The van der Waals surface area contributed by atoms with E-state index in [0.717, 1.165) is 5.01 Å². The second kappa shape index (κ2) is 5.27. The molecular formula is C13H14ClN3OS. The number of rotatable bonds is 3. The lowest BCUT2D eigenvalue weighted by Crippen LogP contribution is -2.41. The Bertz CT molecular complexity index is 576. The van der Waals surface area contributed by atoms with Crippen LogP contribution in [-0.4, -0.2) is 15.9 Å². The zero-order chi connectivity index (χ0) is 14.0. The van der Waals surface area contributed by atoms with Gasteiger partial charge >= 0.3 is 0 Å². The second-order valence-electron chi connectivity index (χ2n) is 4.74. The molecule has 0 unspecified atom stereocenters. The molecule has 0 spiro atoms. The number of halogens is 1. The van der Waals surface area contributed by atoms with Gasteiger partial charge in [0.2, 0.25) is 0 Å². The highest BCUT2D eigenvalue weighted by atomic mass is 35.5. The van der Waals surface area contributed by atoms with Crippen LogP contribution in [0, 0.1) is 6.92 Å². The molecule has 1 amide bonds. The fourth-order valence-electron chi connectivity index (χ4n) is 1.70.